The van der Waals surface area contributed by atoms with E-state index in [-0.39, 0.29) is 49.1 Å². The molecule has 0 spiro atoms. The van der Waals surface area contributed by atoms with Gasteiger partial charge in [0, 0.05) is 19.3 Å². The summed E-state index contributed by atoms with van der Waals surface area (Å²) >= 11 is 0. The summed E-state index contributed by atoms with van der Waals surface area (Å²) in [6.07, 6.45) is 66.6. The Balaban J connectivity index is 4.45. The van der Waals surface area contributed by atoms with Gasteiger partial charge in [0.15, 0.2) is 12.1 Å². The monoisotopic (exact) mass is 901 g/mol. The van der Waals surface area contributed by atoms with Crippen LogP contribution in [0, 0.1) is 0 Å². The first-order valence-electron chi connectivity index (χ1n) is 24.7. The fourth-order valence-electron chi connectivity index (χ4n) is 6.32. The van der Waals surface area contributed by atoms with Crippen molar-refractivity contribution in [3.8, 4) is 0 Å². The number of hydrogen-bond donors (Lipinski definition) is 1. The number of carbonyl (C=O) groups excluding carboxylic acids is 2. The van der Waals surface area contributed by atoms with Crippen LogP contribution in [0.25, 0.3) is 0 Å². The van der Waals surface area contributed by atoms with Gasteiger partial charge in [-0.2, -0.15) is 0 Å². The quantitative estimate of drug-likeness (QED) is 0.0282. The molecule has 8 nitrogen and oxygen atoms in total. The first-order chi connectivity index (χ1) is 31.6. The number of allylic oxidation sites excluding steroid dienone is 22. The van der Waals surface area contributed by atoms with Crippen molar-refractivity contribution in [2.45, 2.75) is 167 Å². The standard InChI is InChI=1S/C57H89NO7/c1-6-8-10-12-14-16-18-20-22-24-26-27-28-30-32-34-36-38-40-42-44-46-48-56(60)65-53(51-63-50-49-54(57(61)62)58(3,4)5)52-64-55(59)47-45-43-41-39-37-35-33-31-29-25-23-21-19-17-15-13-11-9-7-2/h8-11,14-17,20-23,26-27,29-32,35,37,41,43,53-54H,6-7,12-13,18-19,24-25,28,33-34,36,38-40,42,44-52H2,1-5H3/p+1/b10-8+,11-9+,16-14+,17-15+,22-20+,23-21+,27-26+,31-29+,32-30+,37-35+,43-41+. The summed E-state index contributed by atoms with van der Waals surface area (Å²) in [6.45, 7) is 4.39. The molecule has 0 aromatic carbocycles. The first kappa shape index (κ1) is 60.5. The van der Waals surface area contributed by atoms with Gasteiger partial charge in [-0.25, -0.2) is 4.79 Å². The average Bonchev–Trinajstić information content (AvgIpc) is 3.27. The predicted octanol–water partition coefficient (Wildman–Crippen LogP) is 14.4. The minimum Gasteiger partial charge on any atom is -0.477 e. The highest BCUT2D eigenvalue weighted by molar-refractivity contribution is 5.72. The molecule has 0 aromatic heterocycles. The zero-order chi connectivity index (χ0) is 47.7. The molecule has 0 aromatic rings. The number of quaternary nitrogens is 1. The zero-order valence-electron chi connectivity index (χ0n) is 41.4. The van der Waals surface area contributed by atoms with Crippen molar-refractivity contribution in [3.05, 3.63) is 134 Å². The predicted molar refractivity (Wildman–Crippen MR) is 275 cm³/mol. The number of carboxylic acid groups (broad SMARTS) is 1. The van der Waals surface area contributed by atoms with Gasteiger partial charge >= 0.3 is 17.9 Å². The summed E-state index contributed by atoms with van der Waals surface area (Å²) in [5.41, 5.74) is 0. The number of hydrogen-bond acceptors (Lipinski definition) is 6. The average molecular weight is 901 g/mol. The van der Waals surface area contributed by atoms with E-state index in [2.05, 4.69) is 135 Å². The number of carboxylic acids is 1. The van der Waals surface area contributed by atoms with Crippen molar-refractivity contribution in [2.75, 3.05) is 41.0 Å². The topological polar surface area (TPSA) is 99.1 Å². The second-order valence-electron chi connectivity index (χ2n) is 17.0. The number of esters is 2. The van der Waals surface area contributed by atoms with Crippen LogP contribution >= 0.6 is 0 Å². The van der Waals surface area contributed by atoms with Crippen molar-refractivity contribution >= 4 is 17.9 Å². The molecule has 8 heteroatoms. The summed E-state index contributed by atoms with van der Waals surface area (Å²) < 4.78 is 17.2. The number of carbonyl (C=O) groups is 3. The van der Waals surface area contributed by atoms with Crippen LogP contribution in [0.4, 0.5) is 0 Å². The van der Waals surface area contributed by atoms with Crippen molar-refractivity contribution in [1.29, 1.82) is 0 Å². The van der Waals surface area contributed by atoms with Gasteiger partial charge < -0.3 is 23.8 Å². The molecule has 1 N–H and O–H groups in total. The van der Waals surface area contributed by atoms with E-state index in [0.717, 1.165) is 109 Å². The zero-order valence-corrected chi connectivity index (χ0v) is 41.4. The third-order valence-electron chi connectivity index (χ3n) is 10.1. The van der Waals surface area contributed by atoms with Crippen LogP contribution in [0.2, 0.25) is 0 Å². The molecule has 0 saturated carbocycles. The van der Waals surface area contributed by atoms with Crippen LogP contribution < -0.4 is 0 Å². The second kappa shape index (κ2) is 46.0. The Kier molecular flexibility index (Phi) is 42.8. The second-order valence-corrected chi connectivity index (χ2v) is 17.0. The van der Waals surface area contributed by atoms with E-state index in [4.69, 9.17) is 14.2 Å². The van der Waals surface area contributed by atoms with Crippen molar-refractivity contribution in [2.24, 2.45) is 0 Å². The van der Waals surface area contributed by atoms with E-state index in [1.165, 1.54) is 6.42 Å². The van der Waals surface area contributed by atoms with Crippen molar-refractivity contribution in [1.82, 2.24) is 0 Å². The third-order valence-corrected chi connectivity index (χ3v) is 10.1. The lowest BCUT2D eigenvalue weighted by molar-refractivity contribution is -0.887. The molecule has 0 aliphatic rings. The van der Waals surface area contributed by atoms with Crippen molar-refractivity contribution in [3.63, 3.8) is 0 Å². The van der Waals surface area contributed by atoms with Gasteiger partial charge in [-0.1, -0.05) is 173 Å². The van der Waals surface area contributed by atoms with Crippen LogP contribution in [0.15, 0.2) is 134 Å². The normalized spacial score (nSPS) is 14.0. The molecule has 0 heterocycles. The summed E-state index contributed by atoms with van der Waals surface area (Å²) in [7, 11) is 5.49. The van der Waals surface area contributed by atoms with Gasteiger partial charge in [-0.3, -0.25) is 9.59 Å². The van der Waals surface area contributed by atoms with Gasteiger partial charge in [-0.15, -0.1) is 0 Å². The lowest BCUT2D eigenvalue weighted by Crippen LogP contribution is -2.50. The van der Waals surface area contributed by atoms with Crippen LogP contribution in [-0.4, -0.2) is 80.6 Å². The smallest absolute Gasteiger partial charge is 0.362 e. The van der Waals surface area contributed by atoms with Gasteiger partial charge in [0.2, 0.25) is 0 Å². The van der Waals surface area contributed by atoms with Gasteiger partial charge in [0.25, 0.3) is 0 Å². The maximum Gasteiger partial charge on any atom is 0.362 e. The lowest BCUT2D eigenvalue weighted by atomic mass is 10.1. The highest BCUT2D eigenvalue weighted by Crippen LogP contribution is 2.12. The number of unbranched alkanes of at least 4 members (excludes halogenated alkanes) is 6. The fourth-order valence-corrected chi connectivity index (χ4v) is 6.32. The largest absolute Gasteiger partial charge is 0.477 e. The Bertz CT molecular complexity index is 1520. The molecule has 2 atom stereocenters. The molecule has 0 rings (SSSR count). The fraction of sp³-hybridized carbons (Fsp3) is 0.561. The number of likely N-dealkylation sites (N-methyl/N-ethyl adjacent to an activating group) is 1. The highest BCUT2D eigenvalue weighted by atomic mass is 16.6. The van der Waals surface area contributed by atoms with E-state index in [1.54, 1.807) is 0 Å². The molecule has 65 heavy (non-hydrogen) atoms. The van der Waals surface area contributed by atoms with Crippen LogP contribution in [0.1, 0.15) is 155 Å². The molecule has 0 amide bonds. The van der Waals surface area contributed by atoms with E-state index in [1.807, 2.05) is 33.3 Å². The molecular weight excluding hydrogens is 811 g/mol. The Morgan fingerprint density at radius 3 is 1.26 bits per heavy atom. The van der Waals surface area contributed by atoms with E-state index in [0.29, 0.717) is 12.8 Å². The lowest BCUT2D eigenvalue weighted by Gasteiger charge is -2.31. The molecule has 364 valence electrons. The van der Waals surface area contributed by atoms with Crippen LogP contribution in [-0.2, 0) is 28.6 Å². The Labute approximate surface area is 396 Å². The summed E-state index contributed by atoms with van der Waals surface area (Å²) in [4.78, 5) is 37.1. The summed E-state index contributed by atoms with van der Waals surface area (Å²) in [6, 6.07) is -0.638. The SMILES string of the molecule is CC/C=C/C/C=C/C/C=C/C/C=C/C/C=C/C/C=C/CCC(=O)OCC(COCCC(C(=O)O)[N+](C)(C)C)OC(=O)CCCCCCCC/C=C/C/C=C/C/C=C/C/C=C/C/C=C/CC. The molecule has 0 bridgehead atoms. The molecule has 0 fully saturated rings. The van der Waals surface area contributed by atoms with Gasteiger partial charge in [0.1, 0.15) is 6.61 Å². The Hall–Kier alpha value is -4.53. The van der Waals surface area contributed by atoms with Gasteiger partial charge in [0.05, 0.1) is 34.4 Å². The van der Waals surface area contributed by atoms with Crippen molar-refractivity contribution < 1.29 is 38.2 Å². The Morgan fingerprint density at radius 2 is 0.846 bits per heavy atom. The third kappa shape index (κ3) is 44.5. The summed E-state index contributed by atoms with van der Waals surface area (Å²) in [5, 5.41) is 9.65. The number of ether oxygens (including phenoxy) is 3. The molecule has 2 unspecified atom stereocenters. The maximum atomic E-state index is 12.8. The molecule has 0 saturated heterocycles. The molecule has 0 aliphatic heterocycles. The minimum absolute atomic E-state index is 0.0214. The highest BCUT2D eigenvalue weighted by Gasteiger charge is 2.31. The minimum atomic E-state index is -0.893. The number of aliphatic carboxylic acids is 1. The van der Waals surface area contributed by atoms with Crippen LogP contribution in [0.3, 0.4) is 0 Å². The van der Waals surface area contributed by atoms with E-state index >= 15 is 0 Å². The summed E-state index contributed by atoms with van der Waals surface area (Å²) in [5.74, 6) is -1.61. The van der Waals surface area contributed by atoms with Gasteiger partial charge in [-0.05, 0) is 96.3 Å². The molecular formula is C57H90NO7+. The molecule has 0 radical (unpaired) electrons. The number of nitrogens with zero attached hydrogens (tertiary/aromatic N) is 1. The maximum absolute atomic E-state index is 12.8. The molecule has 0 aliphatic carbocycles. The first-order valence-corrected chi connectivity index (χ1v) is 24.7. The van der Waals surface area contributed by atoms with E-state index < -0.39 is 18.1 Å². The van der Waals surface area contributed by atoms with E-state index in [9.17, 15) is 19.5 Å². The van der Waals surface area contributed by atoms with Crippen LogP contribution in [0.5, 0.6) is 0 Å². The number of rotatable bonds is 42. The Morgan fingerprint density at radius 1 is 0.462 bits per heavy atom.